The molecule has 0 aliphatic heterocycles. The second-order valence-electron chi connectivity index (χ2n) is 3.77. The van der Waals surface area contributed by atoms with E-state index >= 15 is 0 Å². The summed E-state index contributed by atoms with van der Waals surface area (Å²) in [6, 6.07) is 0. The van der Waals surface area contributed by atoms with Gasteiger partial charge in [0.15, 0.2) is 0 Å². The smallest absolute Gasteiger partial charge is 0.138 e. The molecule has 0 N–H and O–H groups in total. The first-order valence-corrected chi connectivity index (χ1v) is 3.94. The van der Waals surface area contributed by atoms with Crippen LogP contribution in [0.1, 0.15) is 33.1 Å². The standard InChI is InChI=1S/C8H12OS/c1-8(2)4-6(9)3-7(10)5-8/h3-5H2,1-2H3. The number of rotatable bonds is 0. The summed E-state index contributed by atoms with van der Waals surface area (Å²) in [6.45, 7) is 4.19. The molecule has 2 heteroatoms. The van der Waals surface area contributed by atoms with Crippen LogP contribution < -0.4 is 0 Å². The fourth-order valence-corrected chi connectivity index (χ4v) is 2.03. The average molecular weight is 156 g/mol. The van der Waals surface area contributed by atoms with Gasteiger partial charge < -0.3 is 0 Å². The monoisotopic (exact) mass is 156 g/mol. The van der Waals surface area contributed by atoms with E-state index in [1.165, 1.54) is 0 Å². The van der Waals surface area contributed by atoms with Crippen molar-refractivity contribution in [1.82, 2.24) is 0 Å². The van der Waals surface area contributed by atoms with Gasteiger partial charge in [-0.15, -0.1) is 0 Å². The van der Waals surface area contributed by atoms with Crippen molar-refractivity contribution in [1.29, 1.82) is 0 Å². The Kier molecular flexibility index (Phi) is 1.90. The predicted molar refractivity (Wildman–Crippen MR) is 45.2 cm³/mol. The third-order valence-corrected chi connectivity index (χ3v) is 2.03. The number of carbonyl (C=O) groups excluding carboxylic acids is 1. The minimum Gasteiger partial charge on any atom is -0.299 e. The Morgan fingerprint density at radius 3 is 2.40 bits per heavy atom. The quantitative estimate of drug-likeness (QED) is 0.500. The molecule has 0 aromatic carbocycles. The van der Waals surface area contributed by atoms with E-state index < -0.39 is 0 Å². The Bertz CT molecular complexity index is 164. The van der Waals surface area contributed by atoms with Gasteiger partial charge in [0.2, 0.25) is 0 Å². The van der Waals surface area contributed by atoms with E-state index in [1.807, 2.05) is 0 Å². The maximum Gasteiger partial charge on any atom is 0.138 e. The number of ketones is 1. The van der Waals surface area contributed by atoms with Crippen molar-refractivity contribution in [2.75, 3.05) is 0 Å². The van der Waals surface area contributed by atoms with Crippen molar-refractivity contribution in [2.24, 2.45) is 5.41 Å². The van der Waals surface area contributed by atoms with Gasteiger partial charge in [0.1, 0.15) is 5.78 Å². The molecule has 0 aromatic rings. The van der Waals surface area contributed by atoms with Gasteiger partial charge in [-0.25, -0.2) is 0 Å². The van der Waals surface area contributed by atoms with E-state index in [0.29, 0.717) is 18.6 Å². The summed E-state index contributed by atoms with van der Waals surface area (Å²) in [4.78, 5) is 11.9. The molecule has 10 heavy (non-hydrogen) atoms. The van der Waals surface area contributed by atoms with E-state index in [-0.39, 0.29) is 5.41 Å². The van der Waals surface area contributed by atoms with Gasteiger partial charge in [0, 0.05) is 17.7 Å². The molecule has 0 bridgehead atoms. The van der Waals surface area contributed by atoms with E-state index in [2.05, 4.69) is 13.8 Å². The second kappa shape index (κ2) is 2.42. The maximum atomic E-state index is 11.0. The number of carbonyl (C=O) groups is 1. The molecule has 56 valence electrons. The van der Waals surface area contributed by atoms with Crippen LogP contribution in [0.2, 0.25) is 0 Å². The molecule has 0 spiro atoms. The predicted octanol–water partition coefficient (Wildman–Crippen LogP) is 2.14. The molecule has 0 heterocycles. The van der Waals surface area contributed by atoms with Gasteiger partial charge in [-0.3, -0.25) is 4.79 Å². The highest BCUT2D eigenvalue weighted by Crippen LogP contribution is 2.31. The van der Waals surface area contributed by atoms with Crippen molar-refractivity contribution < 1.29 is 4.79 Å². The first-order chi connectivity index (χ1) is 4.49. The lowest BCUT2D eigenvalue weighted by atomic mass is 9.77. The molecule has 1 aliphatic rings. The first kappa shape index (κ1) is 7.86. The lowest BCUT2D eigenvalue weighted by molar-refractivity contribution is -0.120. The zero-order valence-electron chi connectivity index (χ0n) is 6.44. The van der Waals surface area contributed by atoms with Crippen LogP contribution in [0.15, 0.2) is 0 Å². The zero-order chi connectivity index (χ0) is 7.78. The number of hydrogen-bond acceptors (Lipinski definition) is 2. The molecule has 1 saturated carbocycles. The molecule has 1 rings (SSSR count). The molecule has 0 unspecified atom stereocenters. The molecule has 0 atom stereocenters. The molecule has 0 radical (unpaired) electrons. The van der Waals surface area contributed by atoms with E-state index in [0.717, 1.165) is 11.3 Å². The summed E-state index contributed by atoms with van der Waals surface area (Å²) in [5.74, 6) is 0.307. The van der Waals surface area contributed by atoms with Crippen molar-refractivity contribution in [3.63, 3.8) is 0 Å². The molecule has 0 saturated heterocycles. The van der Waals surface area contributed by atoms with Gasteiger partial charge in [-0.05, 0) is 11.8 Å². The van der Waals surface area contributed by atoms with Crippen molar-refractivity contribution in [3.8, 4) is 0 Å². The molecule has 0 amide bonds. The summed E-state index contributed by atoms with van der Waals surface area (Å²) >= 11 is 5.01. The number of Topliss-reactive ketones (excluding diaryl/α,β-unsaturated/α-hetero) is 1. The minimum absolute atomic E-state index is 0.131. The summed E-state index contributed by atoms with van der Waals surface area (Å²) < 4.78 is 0. The Labute approximate surface area is 66.8 Å². The van der Waals surface area contributed by atoms with Gasteiger partial charge in [0.05, 0.1) is 0 Å². The van der Waals surface area contributed by atoms with Crippen LogP contribution in [-0.4, -0.2) is 10.6 Å². The SMILES string of the molecule is CC1(C)CC(=O)CC(=S)C1. The van der Waals surface area contributed by atoms with E-state index in [1.54, 1.807) is 0 Å². The van der Waals surface area contributed by atoms with Crippen molar-refractivity contribution >= 4 is 22.9 Å². The Hall–Kier alpha value is -0.240. The fraction of sp³-hybridized carbons (Fsp3) is 0.750. The lowest BCUT2D eigenvalue weighted by Gasteiger charge is -2.28. The third kappa shape index (κ3) is 1.87. The highest BCUT2D eigenvalue weighted by Gasteiger charge is 2.28. The van der Waals surface area contributed by atoms with Gasteiger partial charge in [0.25, 0.3) is 0 Å². The zero-order valence-corrected chi connectivity index (χ0v) is 7.25. The van der Waals surface area contributed by atoms with Crippen LogP contribution in [0.4, 0.5) is 0 Å². The summed E-state index contributed by atoms with van der Waals surface area (Å²) in [5.41, 5.74) is 0.131. The molecular weight excluding hydrogens is 144 g/mol. The largest absolute Gasteiger partial charge is 0.299 e. The highest BCUT2D eigenvalue weighted by atomic mass is 32.1. The molecule has 0 aromatic heterocycles. The molecular formula is C8H12OS. The van der Waals surface area contributed by atoms with Crippen LogP contribution in [0, 0.1) is 5.41 Å². The molecule has 1 aliphatic carbocycles. The Morgan fingerprint density at radius 2 is 2.00 bits per heavy atom. The normalized spacial score (nSPS) is 25.0. The number of thiocarbonyl (C=S) groups is 1. The van der Waals surface area contributed by atoms with Gasteiger partial charge in [-0.1, -0.05) is 26.1 Å². The van der Waals surface area contributed by atoms with Gasteiger partial charge in [-0.2, -0.15) is 0 Å². The second-order valence-corrected chi connectivity index (χ2v) is 4.35. The molecule has 1 nitrogen and oxygen atoms in total. The number of hydrogen-bond donors (Lipinski definition) is 0. The van der Waals surface area contributed by atoms with Crippen LogP contribution in [-0.2, 0) is 4.79 Å². The van der Waals surface area contributed by atoms with Crippen molar-refractivity contribution in [3.05, 3.63) is 0 Å². The first-order valence-electron chi connectivity index (χ1n) is 3.53. The van der Waals surface area contributed by atoms with Gasteiger partial charge >= 0.3 is 0 Å². The average Bonchev–Trinajstić information content (AvgIpc) is 1.54. The Balaban J connectivity index is 2.68. The van der Waals surface area contributed by atoms with Crippen LogP contribution >= 0.6 is 12.2 Å². The fourth-order valence-electron chi connectivity index (χ4n) is 1.47. The maximum absolute atomic E-state index is 11.0. The summed E-state index contributed by atoms with van der Waals surface area (Å²) in [7, 11) is 0. The van der Waals surface area contributed by atoms with Crippen LogP contribution in [0.5, 0.6) is 0 Å². The third-order valence-electron chi connectivity index (χ3n) is 1.75. The Morgan fingerprint density at radius 1 is 1.40 bits per heavy atom. The lowest BCUT2D eigenvalue weighted by Crippen LogP contribution is -2.27. The highest BCUT2D eigenvalue weighted by molar-refractivity contribution is 7.80. The van der Waals surface area contributed by atoms with Crippen LogP contribution in [0.3, 0.4) is 0 Å². The summed E-state index contributed by atoms with van der Waals surface area (Å²) in [5, 5.41) is 0. The van der Waals surface area contributed by atoms with E-state index in [9.17, 15) is 4.79 Å². The topological polar surface area (TPSA) is 17.1 Å². The minimum atomic E-state index is 0.131. The van der Waals surface area contributed by atoms with Crippen LogP contribution in [0.25, 0.3) is 0 Å². The molecule has 1 fully saturated rings. The van der Waals surface area contributed by atoms with Crippen molar-refractivity contribution in [2.45, 2.75) is 33.1 Å². The van der Waals surface area contributed by atoms with E-state index in [4.69, 9.17) is 12.2 Å². The summed E-state index contributed by atoms with van der Waals surface area (Å²) in [6.07, 6.45) is 2.18.